The molecule has 0 aliphatic carbocycles. The zero-order valence-corrected chi connectivity index (χ0v) is 18.6. The number of halogens is 1. The highest BCUT2D eigenvalue weighted by Crippen LogP contribution is 2.39. The molecular formula is C22H20BrN3O2S. The maximum Gasteiger partial charge on any atom is 0.271 e. The van der Waals surface area contributed by atoms with Crippen LogP contribution in [0.3, 0.4) is 0 Å². The molecule has 4 heterocycles. The number of ether oxygens (including phenoxy) is 1. The molecule has 0 saturated carbocycles. The van der Waals surface area contributed by atoms with Gasteiger partial charge in [0.05, 0.1) is 36.3 Å². The van der Waals surface area contributed by atoms with E-state index < -0.39 is 0 Å². The lowest BCUT2D eigenvalue weighted by Gasteiger charge is -2.32. The topological polar surface area (TPSA) is 57.0 Å². The van der Waals surface area contributed by atoms with E-state index >= 15 is 0 Å². The molecule has 4 aromatic rings. The molecule has 3 aromatic heterocycles. The van der Waals surface area contributed by atoms with Crippen LogP contribution >= 0.6 is 27.3 Å². The third-order valence-electron chi connectivity index (χ3n) is 5.43. The van der Waals surface area contributed by atoms with Crippen LogP contribution in [-0.2, 0) is 29.6 Å². The fourth-order valence-corrected chi connectivity index (χ4v) is 5.68. The second kappa shape index (κ2) is 7.00. The van der Waals surface area contributed by atoms with E-state index in [9.17, 15) is 4.79 Å². The molecule has 0 amide bonds. The van der Waals surface area contributed by atoms with Gasteiger partial charge in [-0.05, 0) is 25.0 Å². The van der Waals surface area contributed by atoms with Crippen LogP contribution in [0.25, 0.3) is 20.4 Å². The predicted octanol–water partition coefficient (Wildman–Crippen LogP) is 4.80. The van der Waals surface area contributed by atoms with Crippen LogP contribution in [0.2, 0.25) is 0 Å². The van der Waals surface area contributed by atoms with Crippen molar-refractivity contribution in [2.24, 2.45) is 0 Å². The number of alkyl halides is 1. The fraction of sp³-hybridized carbons (Fsp3) is 0.318. The van der Waals surface area contributed by atoms with Crippen molar-refractivity contribution in [3.8, 4) is 0 Å². The van der Waals surface area contributed by atoms with Crippen molar-refractivity contribution >= 4 is 47.7 Å². The van der Waals surface area contributed by atoms with Gasteiger partial charge in [0.25, 0.3) is 5.56 Å². The lowest BCUT2D eigenvalue weighted by molar-refractivity contribution is -0.0413. The highest BCUT2D eigenvalue weighted by atomic mass is 79.9. The number of hydrogen-bond acceptors (Lipinski definition) is 5. The molecular weight excluding hydrogens is 450 g/mol. The molecule has 29 heavy (non-hydrogen) atoms. The lowest BCUT2D eigenvalue weighted by atomic mass is 9.93. The quantitative estimate of drug-likeness (QED) is 0.404. The molecule has 5 rings (SSSR count). The number of nitrogens with zero attached hydrogens (tertiary/aromatic N) is 3. The third kappa shape index (κ3) is 3.21. The Morgan fingerprint density at radius 1 is 1.28 bits per heavy atom. The summed E-state index contributed by atoms with van der Waals surface area (Å²) in [6, 6.07) is 9.96. The first-order valence-corrected chi connectivity index (χ1v) is 11.5. The molecule has 1 aliphatic rings. The molecule has 0 spiro atoms. The lowest BCUT2D eigenvalue weighted by Crippen LogP contribution is -2.33. The standard InChI is InChI=1S/C22H20BrN3O2S/c1-22(2)8-16-15(11-28-22)14(9-23)17-18-19(29-20(17)25-16)21(27)26(12-24-18)10-13-6-4-3-5-7-13/h3-7,12H,8-11H2,1-2H3. The second-order valence-corrected chi connectivity index (χ2v) is 9.56. The Morgan fingerprint density at radius 3 is 2.83 bits per heavy atom. The van der Waals surface area contributed by atoms with Gasteiger partial charge in [-0.1, -0.05) is 46.3 Å². The normalized spacial score (nSPS) is 15.7. The molecule has 0 atom stereocenters. The maximum absolute atomic E-state index is 13.2. The first-order valence-electron chi connectivity index (χ1n) is 9.53. The summed E-state index contributed by atoms with van der Waals surface area (Å²) in [6.45, 7) is 5.22. The number of thiophene rings is 1. The van der Waals surface area contributed by atoms with Gasteiger partial charge in [-0.25, -0.2) is 9.97 Å². The summed E-state index contributed by atoms with van der Waals surface area (Å²) < 4.78 is 8.37. The van der Waals surface area contributed by atoms with Gasteiger partial charge in [0.1, 0.15) is 9.53 Å². The van der Waals surface area contributed by atoms with Crippen LogP contribution in [0.4, 0.5) is 0 Å². The van der Waals surface area contributed by atoms with Crippen molar-refractivity contribution in [2.75, 3.05) is 0 Å². The molecule has 0 N–H and O–H groups in total. The minimum absolute atomic E-state index is 0.0167. The van der Waals surface area contributed by atoms with Crippen LogP contribution in [0, 0.1) is 0 Å². The number of aromatic nitrogens is 3. The summed E-state index contributed by atoms with van der Waals surface area (Å²) in [5.74, 6) is 0. The van der Waals surface area contributed by atoms with Crippen LogP contribution in [0.5, 0.6) is 0 Å². The summed E-state index contributed by atoms with van der Waals surface area (Å²) in [5.41, 5.74) is 4.91. The highest BCUT2D eigenvalue weighted by Gasteiger charge is 2.30. The van der Waals surface area contributed by atoms with E-state index in [2.05, 4.69) is 34.8 Å². The number of pyridine rings is 1. The van der Waals surface area contributed by atoms with Gasteiger partial charge in [0.2, 0.25) is 0 Å². The summed E-state index contributed by atoms with van der Waals surface area (Å²) in [5, 5.41) is 1.66. The summed E-state index contributed by atoms with van der Waals surface area (Å²) in [7, 11) is 0. The average Bonchev–Trinajstić information content (AvgIpc) is 3.07. The molecule has 0 bridgehead atoms. The maximum atomic E-state index is 13.2. The molecule has 0 fully saturated rings. The fourth-order valence-electron chi connectivity index (χ4n) is 3.93. The summed E-state index contributed by atoms with van der Waals surface area (Å²) in [4.78, 5) is 23.7. The van der Waals surface area contributed by atoms with Gasteiger partial charge in [-0.2, -0.15) is 0 Å². The Kier molecular flexibility index (Phi) is 4.57. The second-order valence-electron chi connectivity index (χ2n) is 8.00. The molecule has 1 aromatic carbocycles. The largest absolute Gasteiger partial charge is 0.370 e. The van der Waals surface area contributed by atoms with Crippen molar-refractivity contribution < 1.29 is 4.74 Å². The first-order chi connectivity index (χ1) is 14.0. The average molecular weight is 470 g/mol. The minimum atomic E-state index is -0.228. The van der Waals surface area contributed by atoms with E-state index in [0.29, 0.717) is 23.2 Å². The Bertz CT molecular complexity index is 1290. The number of rotatable bonds is 3. The van der Waals surface area contributed by atoms with Crippen molar-refractivity contribution in [3.63, 3.8) is 0 Å². The number of fused-ring (bicyclic) bond motifs is 4. The van der Waals surface area contributed by atoms with Crippen molar-refractivity contribution in [1.29, 1.82) is 0 Å². The van der Waals surface area contributed by atoms with Gasteiger partial charge in [0, 0.05) is 22.7 Å². The zero-order valence-electron chi connectivity index (χ0n) is 16.2. The van der Waals surface area contributed by atoms with Crippen LogP contribution in [-0.4, -0.2) is 20.1 Å². The van der Waals surface area contributed by atoms with Crippen molar-refractivity contribution in [2.45, 2.75) is 44.4 Å². The minimum Gasteiger partial charge on any atom is -0.370 e. The molecule has 1 aliphatic heterocycles. The van der Waals surface area contributed by atoms with Gasteiger partial charge in [-0.3, -0.25) is 9.36 Å². The highest BCUT2D eigenvalue weighted by molar-refractivity contribution is 9.08. The Balaban J connectivity index is 1.71. The predicted molar refractivity (Wildman–Crippen MR) is 120 cm³/mol. The van der Waals surface area contributed by atoms with Crippen molar-refractivity contribution in [1.82, 2.24) is 14.5 Å². The van der Waals surface area contributed by atoms with E-state index in [0.717, 1.165) is 44.5 Å². The van der Waals surface area contributed by atoms with E-state index in [1.54, 1.807) is 10.9 Å². The van der Waals surface area contributed by atoms with Gasteiger partial charge >= 0.3 is 0 Å². The monoisotopic (exact) mass is 469 g/mol. The molecule has 0 radical (unpaired) electrons. The van der Waals surface area contributed by atoms with E-state index in [-0.39, 0.29) is 11.2 Å². The number of benzene rings is 1. The SMILES string of the molecule is CC1(C)Cc2nc3sc4c(=O)n(Cc5ccccc5)cnc4c3c(CBr)c2CO1. The molecule has 0 unspecified atom stereocenters. The van der Waals surface area contributed by atoms with Gasteiger partial charge < -0.3 is 4.74 Å². The van der Waals surface area contributed by atoms with Crippen LogP contribution < -0.4 is 5.56 Å². The molecule has 0 saturated heterocycles. The van der Waals surface area contributed by atoms with E-state index in [1.807, 2.05) is 30.3 Å². The molecule has 5 nitrogen and oxygen atoms in total. The van der Waals surface area contributed by atoms with Crippen LogP contribution in [0.1, 0.15) is 36.2 Å². The van der Waals surface area contributed by atoms with E-state index in [4.69, 9.17) is 9.72 Å². The number of hydrogen-bond donors (Lipinski definition) is 0. The third-order valence-corrected chi connectivity index (χ3v) is 7.05. The zero-order chi connectivity index (χ0) is 20.2. The van der Waals surface area contributed by atoms with Gasteiger partial charge in [-0.15, -0.1) is 11.3 Å². The summed E-state index contributed by atoms with van der Waals surface area (Å²) >= 11 is 5.09. The molecule has 7 heteroatoms. The van der Waals surface area contributed by atoms with E-state index in [1.165, 1.54) is 11.3 Å². The Morgan fingerprint density at radius 2 is 2.07 bits per heavy atom. The van der Waals surface area contributed by atoms with Crippen LogP contribution in [0.15, 0.2) is 41.5 Å². The Labute approximate surface area is 180 Å². The summed E-state index contributed by atoms with van der Waals surface area (Å²) in [6.07, 6.45) is 2.42. The first kappa shape index (κ1) is 18.9. The van der Waals surface area contributed by atoms with Gasteiger partial charge in [0.15, 0.2) is 0 Å². The van der Waals surface area contributed by atoms with Crippen molar-refractivity contribution in [3.05, 3.63) is 69.4 Å². The Hall–Kier alpha value is -2.09. The molecule has 148 valence electrons. The smallest absolute Gasteiger partial charge is 0.271 e.